The van der Waals surface area contributed by atoms with Crippen LogP contribution in [0.25, 0.3) is 0 Å². The molecule has 1 N–H and O–H groups in total. The highest BCUT2D eigenvalue weighted by Crippen LogP contribution is 2.33. The van der Waals surface area contributed by atoms with Crippen molar-refractivity contribution in [2.45, 2.75) is 18.1 Å². The van der Waals surface area contributed by atoms with Gasteiger partial charge in [0.2, 0.25) is 0 Å². The second-order valence-electron chi connectivity index (χ2n) is 4.58. The lowest BCUT2D eigenvalue weighted by Gasteiger charge is -2.11. The Bertz CT molecular complexity index is 689. The van der Waals surface area contributed by atoms with Gasteiger partial charge in [-0.25, -0.2) is 0 Å². The van der Waals surface area contributed by atoms with Gasteiger partial charge in [0.15, 0.2) is 5.16 Å². The number of aromatic nitrogens is 3. The maximum Gasteiger partial charge on any atom is 0.313 e. The number of ether oxygens (including phenoxy) is 1. The maximum absolute atomic E-state index is 10.7. The third kappa shape index (κ3) is 3.21. The number of rotatable bonds is 5. The lowest BCUT2D eigenvalue weighted by atomic mass is 10.1. The second-order valence-corrected chi connectivity index (χ2v) is 6.43. The molecule has 1 aromatic heterocycles. The van der Waals surface area contributed by atoms with E-state index in [0.717, 1.165) is 34.0 Å². The molecule has 0 aliphatic carbocycles. The number of carboxylic acids is 1. The Hall–Kier alpha value is -1.54. The number of carbonyl (C=O) groups is 1. The van der Waals surface area contributed by atoms with Gasteiger partial charge in [0.05, 0.1) is 18.9 Å². The summed E-state index contributed by atoms with van der Waals surface area (Å²) < 4.78 is 8.54. The van der Waals surface area contributed by atoms with E-state index in [4.69, 9.17) is 9.84 Å². The van der Waals surface area contributed by atoms with Gasteiger partial charge >= 0.3 is 5.97 Å². The first-order valence-electron chi connectivity index (χ1n) is 6.30. The van der Waals surface area contributed by atoms with Gasteiger partial charge in [-0.3, -0.25) is 4.79 Å². The molecular formula is C13H12BrN3O3S. The van der Waals surface area contributed by atoms with E-state index in [1.54, 1.807) is 6.33 Å². The number of fused-ring (bicyclic) bond motifs is 1. The monoisotopic (exact) mass is 369 g/mol. The van der Waals surface area contributed by atoms with E-state index in [2.05, 4.69) is 32.2 Å². The van der Waals surface area contributed by atoms with Gasteiger partial charge < -0.3 is 14.4 Å². The lowest BCUT2D eigenvalue weighted by Crippen LogP contribution is -2.05. The van der Waals surface area contributed by atoms with Crippen molar-refractivity contribution in [1.29, 1.82) is 0 Å². The van der Waals surface area contributed by atoms with Crippen molar-refractivity contribution in [3.05, 3.63) is 34.1 Å². The Kier molecular flexibility index (Phi) is 4.16. The minimum atomic E-state index is -0.874. The smallest absolute Gasteiger partial charge is 0.313 e. The Labute approximate surface area is 133 Å². The summed E-state index contributed by atoms with van der Waals surface area (Å²) in [4.78, 5) is 10.7. The fourth-order valence-corrected chi connectivity index (χ4v) is 3.43. The van der Waals surface area contributed by atoms with Crippen molar-refractivity contribution in [1.82, 2.24) is 14.8 Å². The van der Waals surface area contributed by atoms with Crippen molar-refractivity contribution in [2.75, 3.05) is 12.4 Å². The molecule has 0 unspecified atom stereocenters. The molecule has 3 rings (SSSR count). The van der Waals surface area contributed by atoms with Crippen LogP contribution in [-0.2, 0) is 17.8 Å². The molecule has 0 amide bonds. The zero-order chi connectivity index (χ0) is 14.8. The molecule has 110 valence electrons. The summed E-state index contributed by atoms with van der Waals surface area (Å²) in [6.45, 7) is 1.25. The molecule has 8 heteroatoms. The molecule has 0 spiro atoms. The van der Waals surface area contributed by atoms with Crippen molar-refractivity contribution in [3.8, 4) is 5.75 Å². The van der Waals surface area contributed by atoms with Crippen LogP contribution < -0.4 is 4.74 Å². The Morgan fingerprint density at radius 1 is 1.52 bits per heavy atom. The average molecular weight is 370 g/mol. The average Bonchev–Trinajstić information content (AvgIpc) is 3.05. The van der Waals surface area contributed by atoms with Gasteiger partial charge in [0.1, 0.15) is 12.1 Å². The van der Waals surface area contributed by atoms with E-state index in [1.165, 1.54) is 5.56 Å². The highest BCUT2D eigenvalue weighted by Gasteiger charge is 2.18. The fraction of sp³-hybridized carbons (Fsp3) is 0.308. The van der Waals surface area contributed by atoms with E-state index in [0.29, 0.717) is 18.3 Å². The second kappa shape index (κ2) is 6.07. The SMILES string of the molecule is O=C(O)CSc1nncn1Cc1cc(Br)cc2c1OCC2. The van der Waals surface area contributed by atoms with Gasteiger partial charge in [-0.05, 0) is 17.7 Å². The molecular weight excluding hydrogens is 358 g/mol. The lowest BCUT2D eigenvalue weighted by molar-refractivity contribution is -0.133. The highest BCUT2D eigenvalue weighted by molar-refractivity contribution is 9.10. The normalized spacial score (nSPS) is 13.0. The highest BCUT2D eigenvalue weighted by atomic mass is 79.9. The Balaban J connectivity index is 1.85. The summed E-state index contributed by atoms with van der Waals surface area (Å²) in [5, 5.41) is 17.2. The molecule has 2 heterocycles. The first-order valence-corrected chi connectivity index (χ1v) is 8.08. The number of benzene rings is 1. The first-order chi connectivity index (χ1) is 10.1. The van der Waals surface area contributed by atoms with Crippen LogP contribution in [0.2, 0.25) is 0 Å². The van der Waals surface area contributed by atoms with Crippen molar-refractivity contribution < 1.29 is 14.6 Å². The molecule has 2 aromatic rings. The molecule has 0 saturated heterocycles. The van der Waals surface area contributed by atoms with Crippen LogP contribution in [-0.4, -0.2) is 38.2 Å². The van der Waals surface area contributed by atoms with Crippen LogP contribution >= 0.6 is 27.7 Å². The maximum atomic E-state index is 10.7. The molecule has 6 nitrogen and oxygen atoms in total. The zero-order valence-electron chi connectivity index (χ0n) is 11.0. The minimum absolute atomic E-state index is 0.0359. The molecule has 0 saturated carbocycles. The molecule has 1 aromatic carbocycles. The standard InChI is InChI=1S/C13H12BrN3O3S/c14-10-3-8-1-2-20-12(8)9(4-10)5-17-7-15-16-13(17)21-6-11(18)19/h3-4,7H,1-2,5-6H2,(H,18,19). The van der Waals surface area contributed by atoms with Crippen LogP contribution in [0.3, 0.4) is 0 Å². The number of aliphatic carboxylic acids is 1. The van der Waals surface area contributed by atoms with Crippen LogP contribution in [0, 0.1) is 0 Å². The molecule has 0 fully saturated rings. The molecule has 0 atom stereocenters. The minimum Gasteiger partial charge on any atom is -0.493 e. The Morgan fingerprint density at radius 2 is 2.38 bits per heavy atom. The first kappa shape index (κ1) is 14.4. The van der Waals surface area contributed by atoms with E-state index in [-0.39, 0.29) is 5.75 Å². The molecule has 0 bridgehead atoms. The molecule has 21 heavy (non-hydrogen) atoms. The number of hydrogen-bond donors (Lipinski definition) is 1. The van der Waals surface area contributed by atoms with Gasteiger partial charge in [-0.2, -0.15) is 0 Å². The predicted octanol–water partition coefficient (Wildman–Crippen LogP) is 2.20. The summed E-state index contributed by atoms with van der Waals surface area (Å²) in [5.74, 6) is 0.00788. The zero-order valence-corrected chi connectivity index (χ0v) is 13.4. The Morgan fingerprint density at radius 3 is 3.19 bits per heavy atom. The van der Waals surface area contributed by atoms with Crippen LogP contribution in [0.1, 0.15) is 11.1 Å². The number of nitrogens with zero attached hydrogens (tertiary/aromatic N) is 3. The largest absolute Gasteiger partial charge is 0.493 e. The molecule has 1 aliphatic heterocycles. The fourth-order valence-electron chi connectivity index (χ4n) is 2.24. The summed E-state index contributed by atoms with van der Waals surface area (Å²) >= 11 is 4.66. The predicted molar refractivity (Wildman–Crippen MR) is 80.8 cm³/mol. The quantitative estimate of drug-likeness (QED) is 0.814. The van der Waals surface area contributed by atoms with Gasteiger partial charge in [-0.15, -0.1) is 10.2 Å². The number of hydrogen-bond acceptors (Lipinski definition) is 5. The molecule has 0 radical (unpaired) electrons. The van der Waals surface area contributed by atoms with E-state index in [1.807, 2.05) is 10.6 Å². The summed E-state index contributed by atoms with van der Waals surface area (Å²) in [7, 11) is 0. The van der Waals surface area contributed by atoms with Crippen LogP contribution in [0.5, 0.6) is 5.75 Å². The van der Waals surface area contributed by atoms with Gasteiger partial charge in [-0.1, -0.05) is 27.7 Å². The summed E-state index contributed by atoms with van der Waals surface area (Å²) in [6, 6.07) is 4.08. The number of thioether (sulfide) groups is 1. The summed E-state index contributed by atoms with van der Waals surface area (Å²) in [5.41, 5.74) is 2.22. The number of halogens is 1. The topological polar surface area (TPSA) is 77.2 Å². The third-order valence-electron chi connectivity index (χ3n) is 3.07. The molecule has 1 aliphatic rings. The summed E-state index contributed by atoms with van der Waals surface area (Å²) in [6.07, 6.45) is 2.51. The van der Waals surface area contributed by atoms with Gasteiger partial charge in [0, 0.05) is 16.5 Å². The van der Waals surface area contributed by atoms with E-state index < -0.39 is 5.97 Å². The van der Waals surface area contributed by atoms with Gasteiger partial charge in [0.25, 0.3) is 0 Å². The number of carboxylic acid groups (broad SMARTS) is 1. The van der Waals surface area contributed by atoms with Crippen molar-refractivity contribution in [2.24, 2.45) is 0 Å². The van der Waals surface area contributed by atoms with Crippen LogP contribution in [0.15, 0.2) is 28.1 Å². The van der Waals surface area contributed by atoms with Crippen molar-refractivity contribution in [3.63, 3.8) is 0 Å². The van der Waals surface area contributed by atoms with Crippen LogP contribution in [0.4, 0.5) is 0 Å². The van der Waals surface area contributed by atoms with Crippen molar-refractivity contribution >= 4 is 33.7 Å². The van der Waals surface area contributed by atoms with E-state index >= 15 is 0 Å². The third-order valence-corrected chi connectivity index (χ3v) is 4.49. The van der Waals surface area contributed by atoms with E-state index in [9.17, 15) is 4.79 Å².